The van der Waals surface area contributed by atoms with E-state index in [1.165, 1.54) is 0 Å². The van der Waals surface area contributed by atoms with E-state index in [0.29, 0.717) is 29.7 Å². The molecule has 0 spiro atoms. The number of benzene rings is 2. The molecule has 0 aliphatic carbocycles. The highest BCUT2D eigenvalue weighted by Crippen LogP contribution is 2.27. The first-order valence-electron chi connectivity index (χ1n) is 10.6. The fourth-order valence-electron chi connectivity index (χ4n) is 3.73. The van der Waals surface area contributed by atoms with Gasteiger partial charge in [-0.2, -0.15) is 0 Å². The Bertz CT molecular complexity index is 1080. The monoisotopic (exact) mass is 405 g/mol. The van der Waals surface area contributed by atoms with E-state index in [0.717, 1.165) is 12.1 Å². The van der Waals surface area contributed by atoms with Crippen molar-refractivity contribution in [3.05, 3.63) is 70.8 Å². The van der Waals surface area contributed by atoms with Crippen LogP contribution >= 0.6 is 0 Å². The Balaban J connectivity index is 2.19. The van der Waals surface area contributed by atoms with E-state index in [9.17, 15) is 9.59 Å². The summed E-state index contributed by atoms with van der Waals surface area (Å²) in [6, 6.07) is 16.6. The summed E-state index contributed by atoms with van der Waals surface area (Å²) in [5, 5.41) is 0.570. The molecule has 30 heavy (non-hydrogen) atoms. The van der Waals surface area contributed by atoms with Crippen LogP contribution in [0, 0.1) is 5.41 Å². The van der Waals surface area contributed by atoms with Gasteiger partial charge < -0.3 is 4.90 Å². The van der Waals surface area contributed by atoms with Gasteiger partial charge in [0, 0.05) is 13.0 Å². The maximum absolute atomic E-state index is 13.5. The van der Waals surface area contributed by atoms with Crippen LogP contribution in [0.1, 0.15) is 59.3 Å². The molecule has 5 heteroatoms. The van der Waals surface area contributed by atoms with E-state index in [1.54, 1.807) is 10.6 Å². The maximum atomic E-state index is 13.5. The summed E-state index contributed by atoms with van der Waals surface area (Å²) < 4.78 is 1.65. The number of nitrogens with zero attached hydrogens (tertiary/aromatic N) is 3. The summed E-state index contributed by atoms with van der Waals surface area (Å²) in [5.74, 6) is 0.666. The van der Waals surface area contributed by atoms with Gasteiger partial charge in [0.1, 0.15) is 5.82 Å². The largest absolute Gasteiger partial charge is 0.333 e. The number of carbonyl (C=O) groups is 1. The molecule has 1 atom stereocenters. The fourth-order valence-corrected chi connectivity index (χ4v) is 3.73. The van der Waals surface area contributed by atoms with Crippen molar-refractivity contribution in [1.29, 1.82) is 0 Å². The van der Waals surface area contributed by atoms with Gasteiger partial charge in [-0.15, -0.1) is 0 Å². The van der Waals surface area contributed by atoms with E-state index in [2.05, 4.69) is 27.7 Å². The maximum Gasteiger partial charge on any atom is 0.266 e. The van der Waals surface area contributed by atoms with Gasteiger partial charge >= 0.3 is 0 Å². The van der Waals surface area contributed by atoms with Crippen molar-refractivity contribution in [2.75, 3.05) is 6.54 Å². The highest BCUT2D eigenvalue weighted by molar-refractivity contribution is 5.79. The van der Waals surface area contributed by atoms with Gasteiger partial charge in [-0.3, -0.25) is 14.2 Å². The zero-order valence-corrected chi connectivity index (χ0v) is 18.6. The van der Waals surface area contributed by atoms with Crippen molar-refractivity contribution >= 4 is 16.8 Å². The first-order chi connectivity index (χ1) is 14.2. The number of hydrogen-bond donors (Lipinski definition) is 0. The minimum Gasteiger partial charge on any atom is -0.333 e. The highest BCUT2D eigenvalue weighted by Gasteiger charge is 2.28. The molecular formula is C25H31N3O2. The zero-order chi connectivity index (χ0) is 21.9. The lowest BCUT2D eigenvalue weighted by molar-refractivity contribution is -0.135. The lowest BCUT2D eigenvalue weighted by atomic mass is 9.91. The van der Waals surface area contributed by atoms with Crippen molar-refractivity contribution in [2.24, 2.45) is 5.41 Å². The van der Waals surface area contributed by atoms with Crippen molar-refractivity contribution in [3.8, 4) is 5.69 Å². The number of para-hydroxylation sites is 2. The molecule has 5 nitrogen and oxygen atoms in total. The minimum atomic E-state index is -0.336. The van der Waals surface area contributed by atoms with Crippen molar-refractivity contribution < 1.29 is 4.79 Å². The Morgan fingerprint density at radius 1 is 1.07 bits per heavy atom. The van der Waals surface area contributed by atoms with Gasteiger partial charge in [-0.1, -0.05) is 58.0 Å². The first kappa shape index (κ1) is 21.8. The third-order valence-corrected chi connectivity index (χ3v) is 5.12. The molecule has 0 fully saturated rings. The molecule has 1 unspecified atom stereocenters. The summed E-state index contributed by atoms with van der Waals surface area (Å²) in [4.78, 5) is 33.3. The van der Waals surface area contributed by atoms with Crippen molar-refractivity contribution in [2.45, 2.75) is 53.5 Å². The quantitative estimate of drug-likeness (QED) is 0.572. The molecule has 1 heterocycles. The minimum absolute atomic E-state index is 0.0823. The van der Waals surface area contributed by atoms with Crippen LogP contribution in [0.5, 0.6) is 0 Å². The SMILES string of the molecule is CCCN(C(=O)CC(C)(C)C)C(C)c1nc2ccccc2c(=O)n1-c1ccccc1. The van der Waals surface area contributed by atoms with Crippen molar-refractivity contribution in [1.82, 2.24) is 14.5 Å². The smallest absolute Gasteiger partial charge is 0.266 e. The van der Waals surface area contributed by atoms with E-state index >= 15 is 0 Å². The van der Waals surface area contributed by atoms with E-state index < -0.39 is 0 Å². The zero-order valence-electron chi connectivity index (χ0n) is 18.6. The van der Waals surface area contributed by atoms with Gasteiger partial charge in [-0.25, -0.2) is 4.98 Å². The molecular weight excluding hydrogens is 374 g/mol. The van der Waals surface area contributed by atoms with Gasteiger partial charge in [-0.05, 0) is 43.0 Å². The summed E-state index contributed by atoms with van der Waals surface area (Å²) in [6.07, 6.45) is 1.28. The number of carbonyl (C=O) groups excluding carboxylic acids is 1. The Kier molecular flexibility index (Phi) is 6.40. The number of amides is 1. The summed E-state index contributed by atoms with van der Waals surface area (Å²) >= 11 is 0. The molecule has 1 aromatic heterocycles. The Morgan fingerprint density at radius 2 is 1.70 bits per heavy atom. The topological polar surface area (TPSA) is 55.2 Å². The van der Waals surface area contributed by atoms with Crippen LogP contribution in [0.4, 0.5) is 0 Å². The number of aromatic nitrogens is 2. The second-order valence-electron chi connectivity index (χ2n) is 8.96. The Morgan fingerprint density at radius 3 is 2.33 bits per heavy atom. The van der Waals surface area contributed by atoms with Crippen molar-refractivity contribution in [3.63, 3.8) is 0 Å². The van der Waals surface area contributed by atoms with Crippen LogP contribution in [-0.2, 0) is 4.79 Å². The third kappa shape index (κ3) is 4.61. The van der Waals surface area contributed by atoms with Crippen LogP contribution in [0.3, 0.4) is 0 Å². The summed E-state index contributed by atoms with van der Waals surface area (Å²) in [5.41, 5.74) is 1.17. The standard InChI is InChI=1S/C25H31N3O2/c1-6-16-27(22(29)17-25(3,4)5)18(2)23-26-21-15-11-10-14-20(21)24(30)28(23)19-12-8-7-9-13-19/h7-15,18H,6,16-17H2,1-5H3. The molecule has 0 saturated heterocycles. The van der Waals surface area contributed by atoms with E-state index in [4.69, 9.17) is 4.98 Å². The van der Waals surface area contributed by atoms with Crippen LogP contribution in [0.25, 0.3) is 16.6 Å². The van der Waals surface area contributed by atoms with Gasteiger partial charge in [0.05, 0.1) is 22.6 Å². The molecule has 0 N–H and O–H groups in total. The van der Waals surface area contributed by atoms with E-state index in [-0.39, 0.29) is 22.9 Å². The molecule has 2 aromatic carbocycles. The average molecular weight is 406 g/mol. The first-order valence-corrected chi connectivity index (χ1v) is 10.6. The lowest BCUT2D eigenvalue weighted by Gasteiger charge is -2.32. The molecule has 1 amide bonds. The molecule has 0 bridgehead atoms. The summed E-state index contributed by atoms with van der Waals surface area (Å²) in [7, 11) is 0. The van der Waals surface area contributed by atoms with Gasteiger partial charge in [0.15, 0.2) is 0 Å². The second-order valence-corrected chi connectivity index (χ2v) is 8.96. The molecule has 3 rings (SSSR count). The molecule has 0 aliphatic rings. The number of fused-ring (bicyclic) bond motifs is 1. The highest BCUT2D eigenvalue weighted by atomic mass is 16.2. The Hall–Kier alpha value is -2.95. The molecule has 0 saturated carbocycles. The second kappa shape index (κ2) is 8.82. The van der Waals surface area contributed by atoms with E-state index in [1.807, 2.05) is 60.4 Å². The van der Waals surface area contributed by atoms with Gasteiger partial charge in [0.2, 0.25) is 5.91 Å². The number of rotatable bonds is 6. The number of hydrogen-bond acceptors (Lipinski definition) is 3. The van der Waals surface area contributed by atoms with Crippen LogP contribution in [-0.4, -0.2) is 26.9 Å². The predicted molar refractivity (Wildman–Crippen MR) is 122 cm³/mol. The van der Waals surface area contributed by atoms with Crippen LogP contribution in [0.2, 0.25) is 0 Å². The summed E-state index contributed by atoms with van der Waals surface area (Å²) in [6.45, 7) is 10.8. The molecule has 0 aliphatic heterocycles. The van der Waals surface area contributed by atoms with Gasteiger partial charge in [0.25, 0.3) is 5.56 Å². The lowest BCUT2D eigenvalue weighted by Crippen LogP contribution is -2.39. The molecule has 3 aromatic rings. The normalized spacial score (nSPS) is 12.7. The van der Waals surface area contributed by atoms with Crippen LogP contribution < -0.4 is 5.56 Å². The predicted octanol–water partition coefficient (Wildman–Crippen LogP) is 5.12. The average Bonchev–Trinajstić information content (AvgIpc) is 2.70. The third-order valence-electron chi connectivity index (χ3n) is 5.12. The Labute approximate surface area is 178 Å². The fraction of sp³-hybridized carbons (Fsp3) is 0.400. The molecule has 0 radical (unpaired) electrons. The van der Waals surface area contributed by atoms with Crippen LogP contribution in [0.15, 0.2) is 59.4 Å². The molecule has 158 valence electrons.